The van der Waals surface area contributed by atoms with Crippen LogP contribution in [0.3, 0.4) is 0 Å². The van der Waals surface area contributed by atoms with Gasteiger partial charge in [-0.25, -0.2) is 0 Å². The standard InChI is InChI=1S/C21H18N4O3/c1-25-13-20(26)24-18-12-14(2-7-19(18)25)21(27)23-15-3-5-16(6-4-15)28-17-8-10-22-11-9-17/h2-12H,13H2,1H3,(H,23,27)(H,24,26). The fourth-order valence-corrected chi connectivity index (χ4v) is 2.95. The third kappa shape index (κ3) is 3.78. The first-order valence-corrected chi connectivity index (χ1v) is 8.73. The van der Waals surface area contributed by atoms with Crippen molar-refractivity contribution in [2.45, 2.75) is 0 Å². The SMILES string of the molecule is CN1CC(=O)Nc2cc(C(=O)Nc3ccc(Oc4ccncc4)cc3)ccc21. The Morgan fingerprint density at radius 2 is 1.79 bits per heavy atom. The van der Waals surface area contributed by atoms with Gasteiger partial charge in [0.05, 0.1) is 17.9 Å². The Morgan fingerprint density at radius 1 is 1.07 bits per heavy atom. The van der Waals surface area contributed by atoms with Gasteiger partial charge in [-0.1, -0.05) is 0 Å². The Bertz CT molecular complexity index is 1020. The van der Waals surface area contributed by atoms with E-state index >= 15 is 0 Å². The lowest BCUT2D eigenvalue weighted by Crippen LogP contribution is -2.35. The first-order chi connectivity index (χ1) is 13.6. The van der Waals surface area contributed by atoms with Crippen LogP contribution in [0.2, 0.25) is 0 Å². The first kappa shape index (κ1) is 17.5. The number of benzene rings is 2. The maximum absolute atomic E-state index is 12.6. The minimum Gasteiger partial charge on any atom is -0.457 e. The van der Waals surface area contributed by atoms with Crippen LogP contribution in [0.5, 0.6) is 11.5 Å². The van der Waals surface area contributed by atoms with Crippen molar-refractivity contribution < 1.29 is 14.3 Å². The largest absolute Gasteiger partial charge is 0.457 e. The van der Waals surface area contributed by atoms with Crippen LogP contribution >= 0.6 is 0 Å². The molecule has 7 heteroatoms. The van der Waals surface area contributed by atoms with Gasteiger partial charge < -0.3 is 20.3 Å². The quantitative estimate of drug-likeness (QED) is 0.730. The van der Waals surface area contributed by atoms with Gasteiger partial charge in [-0.15, -0.1) is 0 Å². The highest BCUT2D eigenvalue weighted by molar-refractivity contribution is 6.07. The van der Waals surface area contributed by atoms with Crippen molar-refractivity contribution in [3.63, 3.8) is 0 Å². The zero-order chi connectivity index (χ0) is 19.5. The predicted octanol–water partition coefficient (Wildman–Crippen LogP) is 3.51. The number of nitrogens with zero attached hydrogens (tertiary/aromatic N) is 2. The number of hydrogen-bond acceptors (Lipinski definition) is 5. The summed E-state index contributed by atoms with van der Waals surface area (Å²) >= 11 is 0. The van der Waals surface area contributed by atoms with Gasteiger partial charge in [0.1, 0.15) is 11.5 Å². The van der Waals surface area contributed by atoms with E-state index in [0.717, 1.165) is 5.69 Å². The average molecular weight is 374 g/mol. The number of anilines is 3. The molecule has 1 aromatic heterocycles. The van der Waals surface area contributed by atoms with Crippen LogP contribution in [0.15, 0.2) is 67.0 Å². The number of likely N-dealkylation sites (N-methyl/N-ethyl adjacent to an activating group) is 1. The molecule has 0 saturated heterocycles. The molecule has 140 valence electrons. The van der Waals surface area contributed by atoms with Crippen molar-refractivity contribution >= 4 is 28.9 Å². The average Bonchev–Trinajstić information content (AvgIpc) is 2.69. The first-order valence-electron chi connectivity index (χ1n) is 8.73. The minimum atomic E-state index is -0.256. The van der Waals surface area contributed by atoms with E-state index in [9.17, 15) is 9.59 Å². The lowest BCUT2D eigenvalue weighted by molar-refractivity contribution is -0.115. The van der Waals surface area contributed by atoms with Gasteiger partial charge >= 0.3 is 0 Å². The topological polar surface area (TPSA) is 83.6 Å². The highest BCUT2D eigenvalue weighted by atomic mass is 16.5. The van der Waals surface area contributed by atoms with Crippen molar-refractivity contribution in [2.24, 2.45) is 0 Å². The molecular weight excluding hydrogens is 356 g/mol. The minimum absolute atomic E-state index is 0.0997. The maximum Gasteiger partial charge on any atom is 0.255 e. The molecule has 0 bridgehead atoms. The van der Waals surface area contributed by atoms with Crippen LogP contribution in [-0.4, -0.2) is 30.4 Å². The van der Waals surface area contributed by atoms with Crippen LogP contribution in [0, 0.1) is 0 Å². The highest BCUT2D eigenvalue weighted by Crippen LogP contribution is 2.29. The van der Waals surface area contributed by atoms with E-state index in [1.807, 2.05) is 18.0 Å². The molecule has 28 heavy (non-hydrogen) atoms. The number of aromatic nitrogens is 1. The number of amides is 2. The molecule has 0 unspecified atom stereocenters. The van der Waals surface area contributed by atoms with Crippen LogP contribution in [0.25, 0.3) is 0 Å². The van der Waals surface area contributed by atoms with Crippen molar-refractivity contribution in [3.05, 3.63) is 72.6 Å². The molecule has 1 aliphatic rings. The van der Waals surface area contributed by atoms with E-state index in [2.05, 4.69) is 15.6 Å². The number of fused-ring (bicyclic) bond motifs is 1. The van der Waals surface area contributed by atoms with E-state index in [0.29, 0.717) is 35.0 Å². The Labute approximate surface area is 162 Å². The highest BCUT2D eigenvalue weighted by Gasteiger charge is 2.20. The molecule has 0 aliphatic carbocycles. The van der Waals surface area contributed by atoms with Crippen LogP contribution in [-0.2, 0) is 4.79 Å². The van der Waals surface area contributed by atoms with Crippen molar-refractivity contribution in [3.8, 4) is 11.5 Å². The molecular formula is C21H18N4O3. The monoisotopic (exact) mass is 374 g/mol. The van der Waals surface area contributed by atoms with Gasteiger partial charge in [-0.3, -0.25) is 14.6 Å². The molecule has 0 atom stereocenters. The fourth-order valence-electron chi connectivity index (χ4n) is 2.95. The van der Waals surface area contributed by atoms with Gasteiger partial charge in [0.15, 0.2) is 0 Å². The van der Waals surface area contributed by atoms with Crippen molar-refractivity contribution in [2.75, 3.05) is 29.1 Å². The zero-order valence-electron chi connectivity index (χ0n) is 15.2. The van der Waals surface area contributed by atoms with Crippen LogP contribution in [0.4, 0.5) is 17.1 Å². The number of ether oxygens (including phenoxy) is 1. The second-order valence-corrected chi connectivity index (χ2v) is 6.40. The van der Waals surface area contributed by atoms with Gasteiger partial charge in [0.25, 0.3) is 5.91 Å². The summed E-state index contributed by atoms with van der Waals surface area (Å²) in [5.74, 6) is 0.988. The lowest BCUT2D eigenvalue weighted by atomic mass is 10.1. The smallest absolute Gasteiger partial charge is 0.255 e. The number of carbonyl (C=O) groups excluding carboxylic acids is 2. The summed E-state index contributed by atoms with van der Waals surface area (Å²) in [5, 5.41) is 5.65. The van der Waals surface area contributed by atoms with Crippen molar-refractivity contribution in [1.29, 1.82) is 0 Å². The molecule has 4 rings (SSSR count). The molecule has 7 nitrogen and oxygen atoms in total. The van der Waals surface area contributed by atoms with E-state index < -0.39 is 0 Å². The summed E-state index contributed by atoms with van der Waals surface area (Å²) in [7, 11) is 1.84. The van der Waals surface area contributed by atoms with E-state index in [4.69, 9.17) is 4.74 Å². The second-order valence-electron chi connectivity index (χ2n) is 6.40. The number of rotatable bonds is 4. The molecule has 0 radical (unpaired) electrons. The van der Waals surface area contributed by atoms with Crippen LogP contribution < -0.4 is 20.3 Å². The second kappa shape index (κ2) is 7.40. The molecule has 0 saturated carbocycles. The Kier molecular flexibility index (Phi) is 4.63. The summed E-state index contributed by atoms with van der Waals surface area (Å²) in [5.41, 5.74) is 2.62. The van der Waals surface area contributed by atoms with Crippen LogP contribution in [0.1, 0.15) is 10.4 Å². The summed E-state index contributed by atoms with van der Waals surface area (Å²) in [4.78, 5) is 30.1. The third-order valence-electron chi connectivity index (χ3n) is 4.32. The zero-order valence-corrected chi connectivity index (χ0v) is 15.2. The number of carbonyl (C=O) groups is 2. The van der Waals surface area contributed by atoms with E-state index in [1.165, 1.54) is 0 Å². The number of pyridine rings is 1. The van der Waals surface area contributed by atoms with Gasteiger partial charge in [-0.2, -0.15) is 0 Å². The molecule has 0 spiro atoms. The third-order valence-corrected chi connectivity index (χ3v) is 4.32. The molecule has 2 amide bonds. The Balaban J connectivity index is 1.45. The molecule has 2 aromatic carbocycles. The number of nitrogens with one attached hydrogen (secondary N) is 2. The Hall–Kier alpha value is -3.87. The molecule has 2 heterocycles. The van der Waals surface area contributed by atoms with Crippen molar-refractivity contribution in [1.82, 2.24) is 4.98 Å². The maximum atomic E-state index is 12.6. The number of hydrogen-bond donors (Lipinski definition) is 2. The van der Waals surface area contributed by atoms with Gasteiger partial charge in [0.2, 0.25) is 5.91 Å². The summed E-state index contributed by atoms with van der Waals surface area (Å²) in [6, 6.07) is 15.9. The summed E-state index contributed by atoms with van der Waals surface area (Å²) < 4.78 is 5.71. The molecule has 3 aromatic rings. The van der Waals surface area contributed by atoms with Gasteiger partial charge in [-0.05, 0) is 54.6 Å². The van der Waals surface area contributed by atoms with Gasteiger partial charge in [0, 0.05) is 30.7 Å². The summed E-state index contributed by atoms with van der Waals surface area (Å²) in [6.45, 7) is 0.298. The molecule has 1 aliphatic heterocycles. The normalized spacial score (nSPS) is 12.8. The predicted molar refractivity (Wildman–Crippen MR) is 107 cm³/mol. The van der Waals surface area contributed by atoms with E-state index in [1.54, 1.807) is 60.9 Å². The molecule has 2 N–H and O–H groups in total. The fraction of sp³-hybridized carbons (Fsp3) is 0.0952. The molecule has 0 fully saturated rings. The van der Waals surface area contributed by atoms with E-state index in [-0.39, 0.29) is 11.8 Å². The lowest BCUT2D eigenvalue weighted by Gasteiger charge is -2.27. The Morgan fingerprint density at radius 3 is 2.54 bits per heavy atom. The summed E-state index contributed by atoms with van der Waals surface area (Å²) in [6.07, 6.45) is 3.31.